The van der Waals surface area contributed by atoms with Gasteiger partial charge in [-0.1, -0.05) is 34.5 Å². The van der Waals surface area contributed by atoms with Crippen molar-refractivity contribution in [3.8, 4) is 0 Å². The number of thiazole rings is 1. The molecular weight excluding hydrogens is 381 g/mol. The Labute approximate surface area is 158 Å². The van der Waals surface area contributed by atoms with Gasteiger partial charge in [-0.3, -0.25) is 9.59 Å². The van der Waals surface area contributed by atoms with Crippen LogP contribution in [0, 0.1) is 0 Å². The van der Waals surface area contributed by atoms with E-state index in [-0.39, 0.29) is 11.8 Å². The molecule has 1 aromatic heterocycles. The molecule has 2 amide bonds. The SMILES string of the molecule is C[C@@H](NC(=O)c1ccc(Cl)cc1)C(=O)Nc1nc2ccc(Cl)cc2s1. The van der Waals surface area contributed by atoms with Gasteiger partial charge in [-0.25, -0.2) is 4.98 Å². The van der Waals surface area contributed by atoms with Crippen LogP contribution in [0.5, 0.6) is 0 Å². The number of halogens is 2. The molecule has 1 heterocycles. The van der Waals surface area contributed by atoms with Gasteiger partial charge in [0.05, 0.1) is 10.2 Å². The van der Waals surface area contributed by atoms with Gasteiger partial charge in [0.1, 0.15) is 6.04 Å². The molecule has 0 radical (unpaired) electrons. The summed E-state index contributed by atoms with van der Waals surface area (Å²) in [5.74, 6) is -0.706. The summed E-state index contributed by atoms with van der Waals surface area (Å²) in [5, 5.41) is 6.95. The quantitative estimate of drug-likeness (QED) is 0.691. The minimum atomic E-state index is -0.723. The first-order valence-electron chi connectivity index (χ1n) is 7.36. The number of carbonyl (C=O) groups is 2. The highest BCUT2D eigenvalue weighted by molar-refractivity contribution is 7.22. The zero-order valence-corrected chi connectivity index (χ0v) is 15.4. The maximum Gasteiger partial charge on any atom is 0.251 e. The third-order valence-electron chi connectivity index (χ3n) is 3.43. The van der Waals surface area contributed by atoms with Gasteiger partial charge in [-0.05, 0) is 49.4 Å². The van der Waals surface area contributed by atoms with E-state index < -0.39 is 6.04 Å². The number of nitrogens with zero attached hydrogens (tertiary/aromatic N) is 1. The van der Waals surface area contributed by atoms with Gasteiger partial charge in [0.2, 0.25) is 5.91 Å². The predicted octanol–water partition coefficient (Wildman–Crippen LogP) is 4.36. The minimum Gasteiger partial charge on any atom is -0.341 e. The van der Waals surface area contributed by atoms with Crippen molar-refractivity contribution < 1.29 is 9.59 Å². The smallest absolute Gasteiger partial charge is 0.251 e. The van der Waals surface area contributed by atoms with Gasteiger partial charge >= 0.3 is 0 Å². The van der Waals surface area contributed by atoms with E-state index in [1.54, 1.807) is 49.4 Å². The lowest BCUT2D eigenvalue weighted by Gasteiger charge is -2.13. The van der Waals surface area contributed by atoms with E-state index >= 15 is 0 Å². The molecule has 0 aliphatic rings. The molecule has 0 unspecified atom stereocenters. The Hall–Kier alpha value is -2.15. The van der Waals surface area contributed by atoms with Crippen molar-refractivity contribution in [3.05, 3.63) is 58.1 Å². The summed E-state index contributed by atoms with van der Waals surface area (Å²) >= 11 is 13.1. The number of fused-ring (bicyclic) bond motifs is 1. The van der Waals surface area contributed by atoms with Gasteiger partial charge in [0, 0.05) is 15.6 Å². The van der Waals surface area contributed by atoms with Gasteiger partial charge < -0.3 is 10.6 Å². The van der Waals surface area contributed by atoms with Crippen LogP contribution in [0.25, 0.3) is 10.2 Å². The Bertz CT molecular complexity index is 941. The second kappa shape index (κ2) is 7.39. The summed E-state index contributed by atoms with van der Waals surface area (Å²) in [6.45, 7) is 1.60. The third kappa shape index (κ3) is 4.28. The van der Waals surface area contributed by atoms with Crippen LogP contribution < -0.4 is 10.6 Å². The van der Waals surface area contributed by atoms with Crippen molar-refractivity contribution in [1.29, 1.82) is 0 Å². The number of rotatable bonds is 4. The van der Waals surface area contributed by atoms with E-state index in [2.05, 4.69) is 15.6 Å². The maximum atomic E-state index is 12.3. The zero-order chi connectivity index (χ0) is 18.0. The molecule has 2 aromatic carbocycles. The highest BCUT2D eigenvalue weighted by Gasteiger charge is 2.18. The molecule has 128 valence electrons. The largest absolute Gasteiger partial charge is 0.341 e. The molecule has 5 nitrogen and oxygen atoms in total. The lowest BCUT2D eigenvalue weighted by Crippen LogP contribution is -2.41. The van der Waals surface area contributed by atoms with Crippen LogP contribution in [-0.4, -0.2) is 22.8 Å². The Morgan fingerprint density at radius 2 is 1.76 bits per heavy atom. The Balaban J connectivity index is 1.65. The van der Waals surface area contributed by atoms with Gasteiger partial charge in [-0.2, -0.15) is 0 Å². The fourth-order valence-electron chi connectivity index (χ4n) is 2.11. The molecule has 0 bridgehead atoms. The fraction of sp³-hybridized carbons (Fsp3) is 0.118. The van der Waals surface area contributed by atoms with E-state index in [1.807, 2.05) is 0 Å². The summed E-state index contributed by atoms with van der Waals surface area (Å²) < 4.78 is 0.876. The first kappa shape index (κ1) is 17.7. The number of aromatic nitrogens is 1. The number of amides is 2. The average Bonchev–Trinajstić information content (AvgIpc) is 2.96. The van der Waals surface area contributed by atoms with E-state index in [4.69, 9.17) is 23.2 Å². The second-order valence-electron chi connectivity index (χ2n) is 5.32. The molecule has 3 aromatic rings. The van der Waals surface area contributed by atoms with E-state index in [0.29, 0.717) is 20.7 Å². The molecule has 0 spiro atoms. The maximum absolute atomic E-state index is 12.3. The number of carbonyl (C=O) groups excluding carboxylic acids is 2. The minimum absolute atomic E-state index is 0.351. The molecule has 0 saturated carbocycles. The normalized spacial score (nSPS) is 12.0. The van der Waals surface area contributed by atoms with E-state index in [0.717, 1.165) is 10.2 Å². The van der Waals surface area contributed by atoms with Crippen molar-refractivity contribution in [2.75, 3.05) is 5.32 Å². The Kier molecular flexibility index (Phi) is 5.22. The van der Waals surface area contributed by atoms with Crippen LogP contribution in [0.1, 0.15) is 17.3 Å². The van der Waals surface area contributed by atoms with Crippen LogP contribution >= 0.6 is 34.5 Å². The third-order valence-corrected chi connectivity index (χ3v) is 4.85. The highest BCUT2D eigenvalue weighted by Crippen LogP contribution is 2.28. The number of benzene rings is 2. The lowest BCUT2D eigenvalue weighted by atomic mass is 10.2. The Morgan fingerprint density at radius 1 is 1.08 bits per heavy atom. The van der Waals surface area contributed by atoms with E-state index in [9.17, 15) is 9.59 Å². The van der Waals surface area contributed by atoms with Crippen LogP contribution in [-0.2, 0) is 4.79 Å². The zero-order valence-electron chi connectivity index (χ0n) is 13.0. The molecule has 0 aliphatic heterocycles. The number of anilines is 1. The lowest BCUT2D eigenvalue weighted by molar-refractivity contribution is -0.117. The van der Waals surface area contributed by atoms with Crippen molar-refractivity contribution in [2.45, 2.75) is 13.0 Å². The van der Waals surface area contributed by atoms with Crippen molar-refractivity contribution in [2.24, 2.45) is 0 Å². The number of hydrogen-bond donors (Lipinski definition) is 2. The fourth-order valence-corrected chi connectivity index (χ4v) is 3.38. The van der Waals surface area contributed by atoms with Crippen molar-refractivity contribution in [1.82, 2.24) is 10.3 Å². The molecule has 2 N–H and O–H groups in total. The molecule has 3 rings (SSSR count). The second-order valence-corrected chi connectivity index (χ2v) is 7.23. The first-order valence-corrected chi connectivity index (χ1v) is 8.93. The monoisotopic (exact) mass is 393 g/mol. The van der Waals surface area contributed by atoms with Crippen molar-refractivity contribution >= 4 is 61.7 Å². The van der Waals surface area contributed by atoms with Crippen LogP contribution in [0.2, 0.25) is 10.0 Å². The molecule has 1 atom stereocenters. The average molecular weight is 394 g/mol. The summed E-state index contributed by atoms with van der Waals surface area (Å²) in [6, 6.07) is 11.0. The summed E-state index contributed by atoms with van der Waals surface area (Å²) in [5.41, 5.74) is 1.18. The van der Waals surface area contributed by atoms with Crippen LogP contribution in [0.4, 0.5) is 5.13 Å². The summed E-state index contributed by atoms with van der Waals surface area (Å²) in [4.78, 5) is 28.7. The molecule has 0 saturated heterocycles. The molecular formula is C17H13Cl2N3O2S. The molecule has 25 heavy (non-hydrogen) atoms. The number of hydrogen-bond acceptors (Lipinski definition) is 4. The highest BCUT2D eigenvalue weighted by atomic mass is 35.5. The number of nitrogens with one attached hydrogen (secondary N) is 2. The topological polar surface area (TPSA) is 71.1 Å². The molecule has 8 heteroatoms. The van der Waals surface area contributed by atoms with Gasteiger partial charge in [-0.15, -0.1) is 0 Å². The summed E-state index contributed by atoms with van der Waals surface area (Å²) in [7, 11) is 0. The first-order chi connectivity index (χ1) is 11.9. The van der Waals surface area contributed by atoms with E-state index in [1.165, 1.54) is 11.3 Å². The van der Waals surface area contributed by atoms with Crippen LogP contribution in [0.15, 0.2) is 42.5 Å². The van der Waals surface area contributed by atoms with Crippen molar-refractivity contribution in [3.63, 3.8) is 0 Å². The standard InChI is InChI=1S/C17H13Cl2N3O2S/c1-9(20-16(24)10-2-4-11(18)5-3-10)15(23)22-17-21-13-7-6-12(19)8-14(13)25-17/h2-9H,1H3,(H,20,24)(H,21,22,23)/t9-/m1/s1. The van der Waals surface area contributed by atoms with Gasteiger partial charge in [0.15, 0.2) is 5.13 Å². The molecule has 0 aliphatic carbocycles. The van der Waals surface area contributed by atoms with Crippen LogP contribution in [0.3, 0.4) is 0 Å². The van der Waals surface area contributed by atoms with Gasteiger partial charge in [0.25, 0.3) is 5.91 Å². The Morgan fingerprint density at radius 3 is 2.48 bits per heavy atom. The predicted molar refractivity (Wildman–Crippen MR) is 102 cm³/mol. The molecule has 0 fully saturated rings. The summed E-state index contributed by atoms with van der Waals surface area (Å²) in [6.07, 6.45) is 0.